The number of hydrogen-bond acceptors (Lipinski definition) is 2. The summed E-state index contributed by atoms with van der Waals surface area (Å²) in [5, 5.41) is 10.1. The first kappa shape index (κ1) is 14.7. The summed E-state index contributed by atoms with van der Waals surface area (Å²) in [7, 11) is 0. The van der Waals surface area contributed by atoms with Gasteiger partial charge in [-0.05, 0) is 42.0 Å². The number of aromatic nitrogens is 1. The first-order chi connectivity index (χ1) is 10.6. The average molecular weight is 373 g/mol. The van der Waals surface area contributed by atoms with Crippen LogP contribution in [-0.4, -0.2) is 4.57 Å². The van der Waals surface area contributed by atoms with Crippen molar-refractivity contribution in [3.8, 4) is 22.9 Å². The van der Waals surface area contributed by atoms with Gasteiger partial charge in [-0.25, -0.2) is 0 Å². The van der Waals surface area contributed by atoms with E-state index in [2.05, 4.69) is 22.0 Å². The largest absolute Gasteiger partial charge is 0.384 e. The lowest BCUT2D eigenvalue weighted by molar-refractivity contribution is 1.09. The van der Waals surface area contributed by atoms with E-state index in [0.717, 1.165) is 21.3 Å². The topological polar surface area (TPSA) is 54.7 Å². The second-order valence-corrected chi connectivity index (χ2v) is 6.12. The molecular weight excluding hydrogens is 362 g/mol. The van der Waals surface area contributed by atoms with Crippen LogP contribution >= 0.6 is 27.5 Å². The Morgan fingerprint density at radius 3 is 2.27 bits per heavy atom. The van der Waals surface area contributed by atoms with E-state index in [1.54, 1.807) is 12.1 Å². The van der Waals surface area contributed by atoms with Gasteiger partial charge in [-0.3, -0.25) is 0 Å². The van der Waals surface area contributed by atoms with Gasteiger partial charge in [0, 0.05) is 26.9 Å². The zero-order valence-corrected chi connectivity index (χ0v) is 13.8. The van der Waals surface area contributed by atoms with Gasteiger partial charge in [-0.1, -0.05) is 39.7 Å². The molecule has 0 saturated carbocycles. The maximum atomic E-state index is 9.44. The molecule has 3 aromatic rings. The molecule has 0 saturated heterocycles. The average Bonchev–Trinajstić information content (AvgIpc) is 2.85. The summed E-state index contributed by atoms with van der Waals surface area (Å²) in [5.41, 5.74) is 9.22. The van der Waals surface area contributed by atoms with Gasteiger partial charge in [0.2, 0.25) is 0 Å². The van der Waals surface area contributed by atoms with Crippen LogP contribution in [0.5, 0.6) is 0 Å². The molecule has 1 aromatic heterocycles. The third kappa shape index (κ3) is 2.61. The van der Waals surface area contributed by atoms with Crippen LogP contribution < -0.4 is 5.73 Å². The molecule has 0 atom stereocenters. The van der Waals surface area contributed by atoms with Crippen LogP contribution in [0.2, 0.25) is 5.02 Å². The predicted molar refractivity (Wildman–Crippen MR) is 93.0 cm³/mol. The Morgan fingerprint density at radius 1 is 1.05 bits per heavy atom. The highest BCUT2D eigenvalue weighted by molar-refractivity contribution is 9.10. The summed E-state index contributed by atoms with van der Waals surface area (Å²) in [6.07, 6.45) is 1.88. The number of nitrogens with zero attached hydrogens (tertiary/aromatic N) is 2. The van der Waals surface area contributed by atoms with Crippen molar-refractivity contribution in [2.45, 2.75) is 0 Å². The SMILES string of the molecule is N#Cc1c(-c2ccc(Cl)cc2)cn(-c2ccc(Br)cc2)c1N. The minimum atomic E-state index is 0.426. The summed E-state index contributed by atoms with van der Waals surface area (Å²) in [4.78, 5) is 0. The fraction of sp³-hybridized carbons (Fsp3) is 0. The van der Waals surface area contributed by atoms with Gasteiger partial charge in [-0.15, -0.1) is 0 Å². The van der Waals surface area contributed by atoms with E-state index >= 15 is 0 Å². The zero-order chi connectivity index (χ0) is 15.7. The van der Waals surface area contributed by atoms with Crippen LogP contribution in [0.15, 0.2) is 59.2 Å². The number of rotatable bonds is 2. The number of halogens is 2. The molecule has 0 unspecified atom stereocenters. The molecule has 0 amide bonds. The van der Waals surface area contributed by atoms with Crippen LogP contribution in [0.1, 0.15) is 5.56 Å². The van der Waals surface area contributed by atoms with Crippen LogP contribution in [0.4, 0.5) is 5.82 Å². The fourth-order valence-corrected chi connectivity index (χ4v) is 2.69. The number of hydrogen-bond donors (Lipinski definition) is 1. The van der Waals surface area contributed by atoms with Crippen LogP contribution in [0.3, 0.4) is 0 Å². The van der Waals surface area contributed by atoms with E-state index in [0.29, 0.717) is 16.4 Å². The first-order valence-electron chi connectivity index (χ1n) is 6.53. The highest BCUT2D eigenvalue weighted by atomic mass is 79.9. The third-order valence-corrected chi connectivity index (χ3v) is 4.20. The lowest BCUT2D eigenvalue weighted by Gasteiger charge is -2.05. The molecule has 2 aromatic carbocycles. The number of benzene rings is 2. The Balaban J connectivity index is 2.17. The van der Waals surface area contributed by atoms with E-state index < -0.39 is 0 Å². The molecule has 3 nitrogen and oxygen atoms in total. The monoisotopic (exact) mass is 371 g/mol. The highest BCUT2D eigenvalue weighted by Gasteiger charge is 2.15. The molecule has 5 heteroatoms. The minimum absolute atomic E-state index is 0.426. The van der Waals surface area contributed by atoms with Crippen LogP contribution in [-0.2, 0) is 0 Å². The number of nitrogen functional groups attached to an aromatic ring is 1. The molecule has 0 aliphatic heterocycles. The molecule has 0 spiro atoms. The van der Waals surface area contributed by atoms with Crippen molar-refractivity contribution in [1.29, 1.82) is 5.26 Å². The molecule has 1 heterocycles. The maximum Gasteiger partial charge on any atom is 0.126 e. The molecule has 0 bridgehead atoms. The normalized spacial score (nSPS) is 10.4. The first-order valence-corrected chi connectivity index (χ1v) is 7.70. The van der Waals surface area contributed by atoms with Gasteiger partial charge >= 0.3 is 0 Å². The Morgan fingerprint density at radius 2 is 1.68 bits per heavy atom. The molecule has 0 aliphatic carbocycles. The van der Waals surface area contributed by atoms with Crippen molar-refractivity contribution in [2.24, 2.45) is 0 Å². The summed E-state index contributed by atoms with van der Waals surface area (Å²) >= 11 is 9.33. The molecule has 0 fully saturated rings. The van der Waals surface area contributed by atoms with Crippen LogP contribution in [0.25, 0.3) is 16.8 Å². The molecule has 0 radical (unpaired) electrons. The molecule has 22 heavy (non-hydrogen) atoms. The zero-order valence-electron chi connectivity index (χ0n) is 11.4. The molecule has 0 aliphatic rings. The van der Waals surface area contributed by atoms with E-state index in [4.69, 9.17) is 17.3 Å². The minimum Gasteiger partial charge on any atom is -0.384 e. The molecule has 2 N–H and O–H groups in total. The predicted octanol–water partition coefficient (Wildman–Crippen LogP) is 5.01. The van der Waals surface area contributed by atoms with Crippen molar-refractivity contribution in [2.75, 3.05) is 5.73 Å². The fourth-order valence-electron chi connectivity index (χ4n) is 2.30. The van der Waals surface area contributed by atoms with Gasteiger partial charge in [0.25, 0.3) is 0 Å². The van der Waals surface area contributed by atoms with Gasteiger partial charge in [0.15, 0.2) is 0 Å². The summed E-state index contributed by atoms with van der Waals surface area (Å²) < 4.78 is 2.80. The summed E-state index contributed by atoms with van der Waals surface area (Å²) in [6.45, 7) is 0. The second kappa shape index (κ2) is 5.88. The van der Waals surface area contributed by atoms with E-state index in [1.165, 1.54) is 0 Å². The smallest absolute Gasteiger partial charge is 0.126 e. The van der Waals surface area contributed by atoms with E-state index in [-0.39, 0.29) is 0 Å². The van der Waals surface area contributed by atoms with E-state index in [9.17, 15) is 5.26 Å². The van der Waals surface area contributed by atoms with Gasteiger partial charge in [0.05, 0.1) is 0 Å². The van der Waals surface area contributed by atoms with Crippen molar-refractivity contribution < 1.29 is 0 Å². The van der Waals surface area contributed by atoms with Crippen molar-refractivity contribution in [3.63, 3.8) is 0 Å². The third-order valence-electron chi connectivity index (χ3n) is 3.42. The van der Waals surface area contributed by atoms with Gasteiger partial charge < -0.3 is 10.3 Å². The summed E-state index contributed by atoms with van der Waals surface area (Å²) in [6, 6.07) is 17.3. The van der Waals surface area contributed by atoms with Gasteiger partial charge in [-0.2, -0.15) is 5.26 Å². The quantitative estimate of drug-likeness (QED) is 0.687. The number of nitrogens with two attached hydrogens (primary N) is 1. The van der Waals surface area contributed by atoms with Crippen molar-refractivity contribution >= 4 is 33.3 Å². The van der Waals surface area contributed by atoms with Crippen molar-refractivity contribution in [3.05, 3.63) is 69.8 Å². The summed E-state index contributed by atoms with van der Waals surface area (Å²) in [5.74, 6) is 0.426. The number of anilines is 1. The van der Waals surface area contributed by atoms with E-state index in [1.807, 2.05) is 47.2 Å². The van der Waals surface area contributed by atoms with Crippen molar-refractivity contribution in [1.82, 2.24) is 4.57 Å². The molecule has 108 valence electrons. The molecular formula is C17H11BrClN3. The Kier molecular flexibility index (Phi) is 3.93. The Hall–Kier alpha value is -2.22. The highest BCUT2D eigenvalue weighted by Crippen LogP contribution is 2.32. The Bertz CT molecular complexity index is 859. The van der Waals surface area contributed by atoms with Crippen LogP contribution in [0, 0.1) is 11.3 Å². The lowest BCUT2D eigenvalue weighted by atomic mass is 10.1. The number of nitriles is 1. The molecule has 3 rings (SSSR count). The maximum absolute atomic E-state index is 9.44. The standard InChI is InChI=1S/C17H11BrClN3/c18-12-3-7-14(8-4-12)22-10-16(15(9-20)17(22)21)11-1-5-13(19)6-2-11/h1-8,10H,21H2. The lowest BCUT2D eigenvalue weighted by Crippen LogP contribution is -1.99. The Labute approximate surface area is 141 Å². The van der Waals surface area contributed by atoms with Gasteiger partial charge in [0.1, 0.15) is 17.5 Å². The second-order valence-electron chi connectivity index (χ2n) is 4.77.